The van der Waals surface area contributed by atoms with Crippen molar-refractivity contribution in [3.05, 3.63) is 0 Å². The number of carboxylic acid groups (broad SMARTS) is 1. The van der Waals surface area contributed by atoms with Crippen LogP contribution in [0.4, 0.5) is 4.79 Å². The van der Waals surface area contributed by atoms with E-state index in [-0.39, 0.29) is 23.4 Å². The summed E-state index contributed by atoms with van der Waals surface area (Å²) in [6.45, 7) is 5.77. The van der Waals surface area contributed by atoms with Crippen molar-refractivity contribution in [2.45, 2.75) is 58.0 Å². The van der Waals surface area contributed by atoms with E-state index in [0.29, 0.717) is 6.42 Å². The van der Waals surface area contributed by atoms with Crippen LogP contribution in [0.25, 0.3) is 0 Å². The maximum absolute atomic E-state index is 12.1. The molecule has 0 aromatic heterocycles. The van der Waals surface area contributed by atoms with E-state index in [2.05, 4.69) is 5.43 Å². The quantitative estimate of drug-likeness (QED) is 0.420. The fraction of sp³-hybridized carbons (Fsp3) is 0.857. The number of hydrogen-bond acceptors (Lipinski definition) is 5. The Balaban J connectivity index is 0.00000101. The zero-order valence-corrected chi connectivity index (χ0v) is 16.1. The largest absolute Gasteiger partial charge is 0.464 e. The lowest BCUT2D eigenvalue weighted by Crippen LogP contribution is -2.57. The number of nitrogens with zero attached hydrogens (tertiary/aromatic N) is 2. The zero-order chi connectivity index (χ0) is 20.0. The highest BCUT2D eigenvalue weighted by atomic mass is 32.3. The van der Waals surface area contributed by atoms with Gasteiger partial charge in [0.15, 0.2) is 0 Å². The first-order chi connectivity index (χ1) is 11.1. The predicted octanol–water partition coefficient (Wildman–Crippen LogP) is 1.26. The van der Waals surface area contributed by atoms with Crippen LogP contribution in [0.15, 0.2) is 0 Å². The van der Waals surface area contributed by atoms with E-state index >= 15 is 0 Å². The molecule has 1 unspecified atom stereocenters. The molecule has 0 aliphatic heterocycles. The Bertz CT molecular complexity index is 549. The molecule has 1 rings (SSSR count). The molecule has 2 atom stereocenters. The van der Waals surface area contributed by atoms with Gasteiger partial charge in [0.25, 0.3) is 0 Å². The maximum atomic E-state index is 12.1. The minimum atomic E-state index is -4.67. The summed E-state index contributed by atoms with van der Waals surface area (Å²) in [6, 6.07) is -0.144. The van der Waals surface area contributed by atoms with Crippen LogP contribution in [-0.2, 0) is 15.2 Å². The van der Waals surface area contributed by atoms with Gasteiger partial charge in [-0.2, -0.15) is 8.42 Å². The van der Waals surface area contributed by atoms with Crippen LogP contribution in [0.5, 0.6) is 0 Å². The molecule has 25 heavy (non-hydrogen) atoms. The standard InChI is InChI=1S/C14H27N3O3.H2O4S/c1-14(2,3)15-17(13(19)20)11-8-6-7-10(9-11)12(18)16(4)5;1-5(2,3)4/h10-11,15H,6-9H2,1-5H3,(H,19,20);(H2,1,2,3,4)/t10-,11?;/m0./s1. The Hall–Kier alpha value is -1.43. The molecule has 2 amide bonds. The molecule has 1 aliphatic carbocycles. The Morgan fingerprint density at radius 1 is 1.12 bits per heavy atom. The molecule has 1 aliphatic rings. The lowest BCUT2D eigenvalue weighted by Gasteiger charge is -2.39. The zero-order valence-electron chi connectivity index (χ0n) is 15.3. The van der Waals surface area contributed by atoms with Crippen LogP contribution in [-0.4, -0.2) is 70.2 Å². The normalized spacial score (nSPS) is 20.9. The molecule has 0 spiro atoms. The molecular weight excluding hydrogens is 354 g/mol. The van der Waals surface area contributed by atoms with Gasteiger partial charge in [0.1, 0.15) is 0 Å². The molecule has 0 aromatic carbocycles. The number of hydrazine groups is 1. The van der Waals surface area contributed by atoms with Crippen LogP contribution in [0, 0.1) is 5.92 Å². The monoisotopic (exact) mass is 383 g/mol. The molecule has 0 bridgehead atoms. The van der Waals surface area contributed by atoms with E-state index in [1.807, 2.05) is 20.8 Å². The average Bonchev–Trinajstić information content (AvgIpc) is 2.41. The summed E-state index contributed by atoms with van der Waals surface area (Å²) >= 11 is 0. The highest BCUT2D eigenvalue weighted by Crippen LogP contribution is 2.28. The van der Waals surface area contributed by atoms with E-state index in [9.17, 15) is 14.7 Å². The molecule has 4 N–H and O–H groups in total. The molecular formula is C14H29N3O7S. The van der Waals surface area contributed by atoms with Gasteiger partial charge in [-0.1, -0.05) is 6.42 Å². The Labute approximate surface area is 148 Å². The fourth-order valence-corrected chi connectivity index (χ4v) is 2.64. The van der Waals surface area contributed by atoms with Crippen molar-refractivity contribution in [3.8, 4) is 0 Å². The van der Waals surface area contributed by atoms with Gasteiger partial charge in [-0.3, -0.25) is 13.9 Å². The van der Waals surface area contributed by atoms with Gasteiger partial charge >= 0.3 is 16.5 Å². The second kappa shape index (κ2) is 9.32. The third kappa shape index (κ3) is 10.9. The summed E-state index contributed by atoms with van der Waals surface area (Å²) in [5.41, 5.74) is 2.70. The van der Waals surface area contributed by atoms with Crippen molar-refractivity contribution in [3.63, 3.8) is 0 Å². The summed E-state index contributed by atoms with van der Waals surface area (Å²) in [6.07, 6.45) is 2.13. The first kappa shape index (κ1) is 23.6. The van der Waals surface area contributed by atoms with Crippen molar-refractivity contribution in [1.82, 2.24) is 15.3 Å². The lowest BCUT2D eigenvalue weighted by atomic mass is 9.84. The minimum absolute atomic E-state index is 0.0765. The highest BCUT2D eigenvalue weighted by molar-refractivity contribution is 7.79. The van der Waals surface area contributed by atoms with Crippen molar-refractivity contribution >= 4 is 22.4 Å². The van der Waals surface area contributed by atoms with Crippen molar-refractivity contribution < 1.29 is 32.2 Å². The van der Waals surface area contributed by atoms with Gasteiger partial charge in [-0.25, -0.2) is 15.2 Å². The van der Waals surface area contributed by atoms with Crippen LogP contribution >= 0.6 is 0 Å². The third-order valence-corrected chi connectivity index (χ3v) is 3.46. The first-order valence-corrected chi connectivity index (χ1v) is 9.22. The highest BCUT2D eigenvalue weighted by Gasteiger charge is 2.34. The van der Waals surface area contributed by atoms with E-state index < -0.39 is 16.5 Å². The minimum Gasteiger partial charge on any atom is -0.464 e. The van der Waals surface area contributed by atoms with E-state index in [1.165, 1.54) is 5.01 Å². The van der Waals surface area contributed by atoms with Crippen LogP contribution in [0.1, 0.15) is 46.5 Å². The van der Waals surface area contributed by atoms with Gasteiger partial charge < -0.3 is 10.0 Å². The van der Waals surface area contributed by atoms with Gasteiger partial charge in [0, 0.05) is 25.6 Å². The van der Waals surface area contributed by atoms with E-state index in [0.717, 1.165) is 19.3 Å². The number of carbonyl (C=O) groups excluding carboxylic acids is 1. The SMILES string of the molecule is CN(C)C(=O)[C@H]1CCCC(N(NC(C)(C)C)C(=O)O)C1.O=S(=O)(O)O. The van der Waals surface area contributed by atoms with Crippen LogP contribution in [0.3, 0.4) is 0 Å². The summed E-state index contributed by atoms with van der Waals surface area (Å²) in [5.74, 6) is 0.0168. The number of rotatable bonds is 3. The van der Waals surface area contributed by atoms with E-state index in [1.54, 1.807) is 19.0 Å². The smallest absolute Gasteiger partial charge is 0.422 e. The van der Waals surface area contributed by atoms with E-state index in [4.69, 9.17) is 17.5 Å². The number of amides is 2. The number of hydrogen-bond donors (Lipinski definition) is 4. The van der Waals surface area contributed by atoms with Gasteiger partial charge in [0.05, 0.1) is 6.04 Å². The predicted molar refractivity (Wildman–Crippen MR) is 91.4 cm³/mol. The molecule has 11 heteroatoms. The average molecular weight is 383 g/mol. The molecule has 1 saturated carbocycles. The molecule has 0 aromatic rings. The Kier molecular flexibility index (Phi) is 8.79. The molecule has 148 valence electrons. The summed E-state index contributed by atoms with van der Waals surface area (Å²) in [7, 11) is -1.18. The second-order valence-electron chi connectivity index (χ2n) is 7.21. The molecule has 10 nitrogen and oxygen atoms in total. The molecule has 0 heterocycles. The van der Waals surface area contributed by atoms with Gasteiger partial charge in [0.2, 0.25) is 5.91 Å². The fourth-order valence-electron chi connectivity index (χ4n) is 2.64. The van der Waals surface area contributed by atoms with Crippen LogP contribution in [0.2, 0.25) is 0 Å². The topological polar surface area (TPSA) is 147 Å². The van der Waals surface area contributed by atoms with Crippen LogP contribution < -0.4 is 5.43 Å². The Morgan fingerprint density at radius 2 is 1.60 bits per heavy atom. The lowest BCUT2D eigenvalue weighted by molar-refractivity contribution is -0.134. The van der Waals surface area contributed by atoms with Crippen molar-refractivity contribution in [2.75, 3.05) is 14.1 Å². The van der Waals surface area contributed by atoms with Gasteiger partial charge in [-0.15, -0.1) is 0 Å². The summed E-state index contributed by atoms with van der Waals surface area (Å²) in [4.78, 5) is 25.1. The van der Waals surface area contributed by atoms with Crippen molar-refractivity contribution in [1.29, 1.82) is 0 Å². The molecule has 0 radical (unpaired) electrons. The summed E-state index contributed by atoms with van der Waals surface area (Å²) in [5, 5.41) is 10.7. The second-order valence-corrected chi connectivity index (χ2v) is 8.11. The van der Waals surface area contributed by atoms with Crippen molar-refractivity contribution in [2.24, 2.45) is 5.92 Å². The summed E-state index contributed by atoms with van der Waals surface area (Å²) < 4.78 is 31.6. The molecule has 1 fully saturated rings. The maximum Gasteiger partial charge on any atom is 0.422 e. The Morgan fingerprint density at radius 3 is 1.96 bits per heavy atom. The van der Waals surface area contributed by atoms with Gasteiger partial charge in [-0.05, 0) is 40.0 Å². The third-order valence-electron chi connectivity index (χ3n) is 3.46. The molecule has 0 saturated heterocycles. The first-order valence-electron chi connectivity index (χ1n) is 7.83. The number of carbonyl (C=O) groups is 2. The number of nitrogens with one attached hydrogen (secondary N) is 1.